The number of benzene rings is 1. The molecule has 1 fully saturated rings. The zero-order valence-corrected chi connectivity index (χ0v) is 10.2. The average Bonchev–Trinajstić information content (AvgIpc) is 2.75. The molecule has 1 aliphatic rings. The fraction of sp³-hybridized carbons (Fsp3) is 0.538. The Morgan fingerprint density at radius 3 is 2.65 bits per heavy atom. The number of rotatable bonds is 4. The van der Waals surface area contributed by atoms with Crippen molar-refractivity contribution in [1.82, 2.24) is 0 Å². The molecule has 0 bridgehead atoms. The van der Waals surface area contributed by atoms with Crippen molar-refractivity contribution in [3.05, 3.63) is 30.1 Å². The predicted octanol–water partition coefficient (Wildman–Crippen LogP) is 1.77. The highest BCUT2D eigenvalue weighted by atomic mass is 19.1. The van der Waals surface area contributed by atoms with E-state index in [1.165, 1.54) is 12.1 Å². The van der Waals surface area contributed by atoms with Gasteiger partial charge in [0.2, 0.25) is 0 Å². The third-order valence-electron chi connectivity index (χ3n) is 3.21. The standard InChI is InChI=1S/C13H19FN2O/c1-2-16(9-13(15)7-8-17-10-13)12-5-3-11(14)4-6-12/h3-6H,2,7-10,15H2,1H3. The predicted molar refractivity (Wildman–Crippen MR) is 66.6 cm³/mol. The number of hydrogen-bond donors (Lipinski definition) is 1. The molecule has 1 atom stereocenters. The molecule has 0 radical (unpaired) electrons. The highest BCUT2D eigenvalue weighted by molar-refractivity contribution is 5.46. The quantitative estimate of drug-likeness (QED) is 0.868. The number of nitrogens with two attached hydrogens (primary N) is 1. The van der Waals surface area contributed by atoms with E-state index in [2.05, 4.69) is 11.8 Å². The lowest BCUT2D eigenvalue weighted by Crippen LogP contribution is -2.51. The van der Waals surface area contributed by atoms with E-state index in [1.54, 1.807) is 12.1 Å². The Kier molecular flexibility index (Phi) is 3.64. The largest absolute Gasteiger partial charge is 0.379 e. The van der Waals surface area contributed by atoms with Crippen LogP contribution >= 0.6 is 0 Å². The normalized spacial score (nSPS) is 23.9. The van der Waals surface area contributed by atoms with Crippen LogP contribution in [0.3, 0.4) is 0 Å². The van der Waals surface area contributed by atoms with Crippen molar-refractivity contribution >= 4 is 5.69 Å². The molecule has 4 heteroatoms. The van der Waals surface area contributed by atoms with Crippen LogP contribution in [-0.2, 0) is 4.74 Å². The first kappa shape index (κ1) is 12.3. The molecule has 1 aromatic carbocycles. The molecule has 94 valence electrons. The molecule has 17 heavy (non-hydrogen) atoms. The molecule has 2 N–H and O–H groups in total. The molecule has 3 nitrogen and oxygen atoms in total. The molecule has 2 rings (SSSR count). The monoisotopic (exact) mass is 238 g/mol. The first-order valence-electron chi connectivity index (χ1n) is 6.00. The molecule has 1 heterocycles. The van der Waals surface area contributed by atoms with Crippen LogP contribution in [0.2, 0.25) is 0 Å². The Labute approximate surface area is 101 Å². The summed E-state index contributed by atoms with van der Waals surface area (Å²) in [4.78, 5) is 2.16. The minimum Gasteiger partial charge on any atom is -0.379 e. The number of likely N-dealkylation sites (N-methyl/N-ethyl adjacent to an activating group) is 1. The summed E-state index contributed by atoms with van der Waals surface area (Å²) in [5, 5.41) is 0. The van der Waals surface area contributed by atoms with Crippen molar-refractivity contribution in [3.63, 3.8) is 0 Å². The van der Waals surface area contributed by atoms with Crippen molar-refractivity contribution < 1.29 is 9.13 Å². The van der Waals surface area contributed by atoms with E-state index in [4.69, 9.17) is 10.5 Å². The lowest BCUT2D eigenvalue weighted by Gasteiger charge is -2.32. The maximum Gasteiger partial charge on any atom is 0.123 e. The zero-order chi connectivity index (χ0) is 12.3. The van der Waals surface area contributed by atoms with Gasteiger partial charge in [0.05, 0.1) is 12.1 Å². The molecule has 0 amide bonds. The maximum absolute atomic E-state index is 12.9. The summed E-state index contributed by atoms with van der Waals surface area (Å²) in [6, 6.07) is 6.54. The van der Waals surface area contributed by atoms with Gasteiger partial charge in [-0.25, -0.2) is 4.39 Å². The van der Waals surface area contributed by atoms with E-state index >= 15 is 0 Å². The number of halogens is 1. The van der Waals surface area contributed by atoms with Crippen LogP contribution in [0, 0.1) is 5.82 Å². The summed E-state index contributed by atoms with van der Waals surface area (Å²) in [5.41, 5.74) is 6.99. The van der Waals surface area contributed by atoms with Crippen LogP contribution < -0.4 is 10.6 Å². The summed E-state index contributed by atoms with van der Waals surface area (Å²) in [6.45, 7) is 5.00. The van der Waals surface area contributed by atoms with E-state index in [1.807, 2.05) is 0 Å². The van der Waals surface area contributed by atoms with Gasteiger partial charge in [-0.05, 0) is 37.6 Å². The van der Waals surface area contributed by atoms with Crippen LogP contribution in [-0.4, -0.2) is 31.8 Å². The Bertz CT molecular complexity index is 360. The minimum atomic E-state index is -0.273. The highest BCUT2D eigenvalue weighted by Crippen LogP contribution is 2.21. The molecule has 0 aliphatic carbocycles. The van der Waals surface area contributed by atoms with E-state index in [0.29, 0.717) is 6.61 Å². The van der Waals surface area contributed by atoms with Gasteiger partial charge in [-0.15, -0.1) is 0 Å². The zero-order valence-electron chi connectivity index (χ0n) is 10.2. The first-order valence-corrected chi connectivity index (χ1v) is 6.00. The molecule has 0 saturated carbocycles. The SMILES string of the molecule is CCN(CC1(N)CCOC1)c1ccc(F)cc1. The topological polar surface area (TPSA) is 38.5 Å². The summed E-state index contributed by atoms with van der Waals surface area (Å²) in [6.07, 6.45) is 0.880. The third-order valence-corrected chi connectivity index (χ3v) is 3.21. The Hall–Kier alpha value is -1.13. The van der Waals surface area contributed by atoms with Crippen LogP contribution in [0.5, 0.6) is 0 Å². The van der Waals surface area contributed by atoms with Crippen LogP contribution in [0.25, 0.3) is 0 Å². The fourth-order valence-corrected chi connectivity index (χ4v) is 2.17. The molecule has 0 spiro atoms. The minimum absolute atomic E-state index is 0.212. The fourth-order valence-electron chi connectivity index (χ4n) is 2.17. The second-order valence-electron chi connectivity index (χ2n) is 4.66. The molecule has 1 unspecified atom stereocenters. The van der Waals surface area contributed by atoms with Crippen molar-refractivity contribution in [3.8, 4) is 0 Å². The number of hydrogen-bond acceptors (Lipinski definition) is 3. The van der Waals surface area contributed by atoms with Gasteiger partial charge in [0, 0.05) is 25.4 Å². The van der Waals surface area contributed by atoms with Crippen LogP contribution in [0.1, 0.15) is 13.3 Å². The number of anilines is 1. The lowest BCUT2D eigenvalue weighted by molar-refractivity contribution is 0.179. The van der Waals surface area contributed by atoms with Gasteiger partial charge in [-0.3, -0.25) is 0 Å². The Morgan fingerprint density at radius 2 is 2.12 bits per heavy atom. The van der Waals surface area contributed by atoms with Gasteiger partial charge in [0.25, 0.3) is 0 Å². The molecular weight excluding hydrogens is 219 g/mol. The van der Waals surface area contributed by atoms with Crippen LogP contribution in [0.15, 0.2) is 24.3 Å². The van der Waals surface area contributed by atoms with E-state index < -0.39 is 0 Å². The second kappa shape index (κ2) is 5.02. The van der Waals surface area contributed by atoms with Gasteiger partial charge in [0.15, 0.2) is 0 Å². The van der Waals surface area contributed by atoms with Gasteiger partial charge in [-0.1, -0.05) is 0 Å². The van der Waals surface area contributed by atoms with E-state index in [9.17, 15) is 4.39 Å². The van der Waals surface area contributed by atoms with Crippen molar-refractivity contribution in [2.75, 3.05) is 31.2 Å². The van der Waals surface area contributed by atoms with Gasteiger partial charge in [-0.2, -0.15) is 0 Å². The van der Waals surface area contributed by atoms with Crippen molar-refractivity contribution in [2.45, 2.75) is 18.9 Å². The smallest absolute Gasteiger partial charge is 0.123 e. The summed E-state index contributed by atoms with van der Waals surface area (Å²) in [5.74, 6) is -0.212. The Balaban J connectivity index is 2.08. The van der Waals surface area contributed by atoms with Gasteiger partial charge >= 0.3 is 0 Å². The van der Waals surface area contributed by atoms with E-state index in [0.717, 1.165) is 31.8 Å². The first-order chi connectivity index (χ1) is 8.13. The third kappa shape index (κ3) is 2.96. The van der Waals surface area contributed by atoms with E-state index in [-0.39, 0.29) is 11.4 Å². The van der Waals surface area contributed by atoms with Gasteiger partial charge < -0.3 is 15.4 Å². The van der Waals surface area contributed by atoms with Crippen molar-refractivity contribution in [1.29, 1.82) is 0 Å². The molecule has 0 aromatic heterocycles. The molecular formula is C13H19FN2O. The summed E-state index contributed by atoms with van der Waals surface area (Å²) < 4.78 is 18.2. The second-order valence-corrected chi connectivity index (χ2v) is 4.66. The summed E-state index contributed by atoms with van der Waals surface area (Å²) in [7, 11) is 0. The number of ether oxygens (including phenoxy) is 1. The van der Waals surface area contributed by atoms with Gasteiger partial charge in [0.1, 0.15) is 5.82 Å². The lowest BCUT2D eigenvalue weighted by atomic mass is 9.99. The maximum atomic E-state index is 12.9. The average molecular weight is 238 g/mol. The molecule has 1 saturated heterocycles. The summed E-state index contributed by atoms with van der Waals surface area (Å²) >= 11 is 0. The highest BCUT2D eigenvalue weighted by Gasteiger charge is 2.32. The van der Waals surface area contributed by atoms with Crippen LogP contribution in [0.4, 0.5) is 10.1 Å². The molecule has 1 aliphatic heterocycles. The number of nitrogens with zero attached hydrogens (tertiary/aromatic N) is 1. The Morgan fingerprint density at radius 1 is 1.41 bits per heavy atom. The molecule has 1 aromatic rings. The van der Waals surface area contributed by atoms with Crippen molar-refractivity contribution in [2.24, 2.45) is 5.73 Å².